The number of benzene rings is 2. The zero-order valence-corrected chi connectivity index (χ0v) is 14.4. The molecule has 0 aliphatic heterocycles. The Morgan fingerprint density at radius 1 is 1.05 bits per heavy atom. The van der Waals surface area contributed by atoms with E-state index in [4.69, 9.17) is 23.2 Å². The molecule has 106 valence electrons. The maximum atomic E-state index is 10.1. The molecule has 0 saturated heterocycles. The molecular formula is C15H13BrCl2OS. The van der Waals surface area contributed by atoms with Crippen molar-refractivity contribution in [2.75, 3.05) is 5.75 Å². The third kappa shape index (κ3) is 4.68. The van der Waals surface area contributed by atoms with Gasteiger partial charge in [0.05, 0.1) is 6.10 Å². The summed E-state index contributed by atoms with van der Waals surface area (Å²) in [6.07, 6.45) is -0.0248. The van der Waals surface area contributed by atoms with Crippen molar-refractivity contribution < 1.29 is 5.11 Å². The quantitative estimate of drug-likeness (QED) is 0.683. The molecule has 0 fully saturated rings. The number of halogens is 3. The van der Waals surface area contributed by atoms with Crippen LogP contribution < -0.4 is 0 Å². The van der Waals surface area contributed by atoms with Gasteiger partial charge in [0.2, 0.25) is 0 Å². The van der Waals surface area contributed by atoms with Gasteiger partial charge >= 0.3 is 0 Å². The molecule has 1 atom stereocenters. The monoisotopic (exact) mass is 390 g/mol. The molecule has 0 aromatic heterocycles. The molecule has 20 heavy (non-hydrogen) atoms. The summed E-state index contributed by atoms with van der Waals surface area (Å²) in [6.45, 7) is 0. The average molecular weight is 392 g/mol. The highest BCUT2D eigenvalue weighted by molar-refractivity contribution is 9.10. The van der Waals surface area contributed by atoms with Crippen molar-refractivity contribution in [3.05, 3.63) is 62.5 Å². The first kappa shape index (κ1) is 16.2. The second kappa shape index (κ2) is 7.71. The Kier molecular flexibility index (Phi) is 6.24. The largest absolute Gasteiger partial charge is 0.392 e. The van der Waals surface area contributed by atoms with Gasteiger partial charge < -0.3 is 5.11 Å². The molecule has 0 aliphatic rings. The van der Waals surface area contributed by atoms with E-state index in [2.05, 4.69) is 15.9 Å². The zero-order chi connectivity index (χ0) is 14.5. The van der Waals surface area contributed by atoms with E-state index in [9.17, 15) is 5.11 Å². The van der Waals surface area contributed by atoms with Crippen LogP contribution in [0, 0.1) is 0 Å². The second-order valence-corrected chi connectivity index (χ2v) is 7.15. The summed E-state index contributed by atoms with van der Waals surface area (Å²) in [5.41, 5.74) is 0.805. The molecule has 2 rings (SSSR count). The minimum absolute atomic E-state index is 0.460. The van der Waals surface area contributed by atoms with Crippen molar-refractivity contribution in [1.29, 1.82) is 0 Å². The van der Waals surface area contributed by atoms with Crippen molar-refractivity contribution >= 4 is 50.9 Å². The first-order chi connectivity index (χ1) is 9.56. The van der Waals surface area contributed by atoms with Crippen LogP contribution >= 0.6 is 50.9 Å². The minimum atomic E-state index is -0.485. The summed E-state index contributed by atoms with van der Waals surface area (Å²) < 4.78 is 1.05. The lowest BCUT2D eigenvalue weighted by Gasteiger charge is -2.13. The van der Waals surface area contributed by atoms with Crippen LogP contribution in [-0.4, -0.2) is 17.0 Å². The van der Waals surface area contributed by atoms with Gasteiger partial charge in [-0.1, -0.05) is 45.2 Å². The van der Waals surface area contributed by atoms with E-state index in [0.717, 1.165) is 14.9 Å². The van der Waals surface area contributed by atoms with Crippen LogP contribution in [0.15, 0.2) is 51.8 Å². The van der Waals surface area contributed by atoms with Gasteiger partial charge in [-0.3, -0.25) is 0 Å². The van der Waals surface area contributed by atoms with E-state index in [-0.39, 0.29) is 0 Å². The Bertz CT molecular complexity index is 554. The summed E-state index contributed by atoms with van der Waals surface area (Å²) >= 11 is 17.2. The minimum Gasteiger partial charge on any atom is -0.392 e. The number of aliphatic hydroxyl groups is 1. The fourth-order valence-electron chi connectivity index (χ4n) is 1.75. The van der Waals surface area contributed by atoms with Crippen LogP contribution in [-0.2, 0) is 6.42 Å². The van der Waals surface area contributed by atoms with Crippen LogP contribution in [0.4, 0.5) is 0 Å². The molecule has 2 aromatic rings. The predicted octanol–water partition coefficient (Wildman–Crippen LogP) is 5.45. The standard InChI is InChI=1S/C15H13BrCl2OS/c16-10-4-6-12(7-5-10)20-9-11(19)8-13-14(17)2-1-3-15(13)18/h1-7,11,19H,8-9H2. The summed E-state index contributed by atoms with van der Waals surface area (Å²) in [4.78, 5) is 1.12. The lowest BCUT2D eigenvalue weighted by molar-refractivity contribution is 0.200. The highest BCUT2D eigenvalue weighted by Crippen LogP contribution is 2.27. The number of hydrogen-bond acceptors (Lipinski definition) is 2. The third-order valence-electron chi connectivity index (χ3n) is 2.76. The van der Waals surface area contributed by atoms with Crippen molar-refractivity contribution in [3.8, 4) is 0 Å². The molecular weight excluding hydrogens is 379 g/mol. The smallest absolute Gasteiger partial charge is 0.0675 e. The van der Waals surface area contributed by atoms with Gasteiger partial charge in [0.15, 0.2) is 0 Å². The zero-order valence-electron chi connectivity index (χ0n) is 10.5. The van der Waals surface area contributed by atoms with E-state index in [1.807, 2.05) is 24.3 Å². The van der Waals surface area contributed by atoms with Gasteiger partial charge in [0.1, 0.15) is 0 Å². The normalized spacial score (nSPS) is 12.4. The fourth-order valence-corrected chi connectivity index (χ4v) is 3.39. The molecule has 5 heteroatoms. The lowest BCUT2D eigenvalue weighted by Crippen LogP contribution is -2.14. The van der Waals surface area contributed by atoms with Gasteiger partial charge in [-0.25, -0.2) is 0 Å². The summed E-state index contributed by atoms with van der Waals surface area (Å²) in [5, 5.41) is 11.3. The van der Waals surface area contributed by atoms with Crippen LogP contribution in [0.25, 0.3) is 0 Å². The van der Waals surface area contributed by atoms with Crippen molar-refractivity contribution in [2.45, 2.75) is 17.4 Å². The van der Waals surface area contributed by atoms with Crippen LogP contribution in [0.3, 0.4) is 0 Å². The van der Waals surface area contributed by atoms with Gasteiger partial charge in [-0.05, 0) is 42.0 Å². The van der Waals surface area contributed by atoms with Crippen molar-refractivity contribution in [3.63, 3.8) is 0 Å². The molecule has 2 aromatic carbocycles. The number of thioether (sulfide) groups is 1. The molecule has 0 amide bonds. The number of hydrogen-bond donors (Lipinski definition) is 1. The molecule has 0 bridgehead atoms. The molecule has 0 radical (unpaired) electrons. The molecule has 1 nitrogen and oxygen atoms in total. The Morgan fingerprint density at radius 2 is 1.65 bits per heavy atom. The number of rotatable bonds is 5. The Hall–Kier alpha value is -0.190. The van der Waals surface area contributed by atoms with Gasteiger partial charge in [0, 0.05) is 31.6 Å². The Morgan fingerprint density at radius 3 is 2.25 bits per heavy atom. The molecule has 0 spiro atoms. The molecule has 0 heterocycles. The third-order valence-corrected chi connectivity index (χ3v) is 5.15. The second-order valence-electron chi connectivity index (χ2n) is 4.32. The van der Waals surface area contributed by atoms with E-state index in [0.29, 0.717) is 22.2 Å². The first-order valence-electron chi connectivity index (χ1n) is 6.05. The maximum Gasteiger partial charge on any atom is 0.0675 e. The van der Waals surface area contributed by atoms with Crippen LogP contribution in [0.5, 0.6) is 0 Å². The average Bonchev–Trinajstić information content (AvgIpc) is 2.42. The first-order valence-corrected chi connectivity index (χ1v) is 8.59. The van der Waals surface area contributed by atoms with E-state index in [1.54, 1.807) is 30.0 Å². The summed E-state index contributed by atoms with van der Waals surface area (Å²) in [7, 11) is 0. The Balaban J connectivity index is 1.92. The van der Waals surface area contributed by atoms with Gasteiger partial charge in [0.25, 0.3) is 0 Å². The highest BCUT2D eigenvalue weighted by atomic mass is 79.9. The Labute approximate surface area is 141 Å². The van der Waals surface area contributed by atoms with Gasteiger partial charge in [-0.15, -0.1) is 11.8 Å². The van der Waals surface area contributed by atoms with E-state index in [1.165, 1.54) is 0 Å². The van der Waals surface area contributed by atoms with E-state index >= 15 is 0 Å². The molecule has 0 saturated carbocycles. The summed E-state index contributed by atoms with van der Waals surface area (Å²) in [6, 6.07) is 13.4. The fraction of sp³-hybridized carbons (Fsp3) is 0.200. The van der Waals surface area contributed by atoms with Crippen molar-refractivity contribution in [1.82, 2.24) is 0 Å². The predicted molar refractivity (Wildman–Crippen MR) is 91.0 cm³/mol. The summed E-state index contributed by atoms with van der Waals surface area (Å²) in [5.74, 6) is 0.600. The number of aliphatic hydroxyl groups excluding tert-OH is 1. The van der Waals surface area contributed by atoms with E-state index < -0.39 is 6.10 Å². The lowest BCUT2D eigenvalue weighted by atomic mass is 10.1. The SMILES string of the molecule is OC(CSc1ccc(Br)cc1)Cc1c(Cl)cccc1Cl. The molecule has 0 aliphatic carbocycles. The maximum absolute atomic E-state index is 10.1. The van der Waals surface area contributed by atoms with Gasteiger partial charge in [-0.2, -0.15) is 0 Å². The van der Waals surface area contributed by atoms with Crippen molar-refractivity contribution in [2.24, 2.45) is 0 Å². The topological polar surface area (TPSA) is 20.2 Å². The highest BCUT2D eigenvalue weighted by Gasteiger charge is 2.12. The van der Waals surface area contributed by atoms with Crippen LogP contribution in [0.2, 0.25) is 10.0 Å². The molecule has 1 unspecified atom stereocenters. The van der Waals surface area contributed by atoms with Crippen LogP contribution in [0.1, 0.15) is 5.56 Å². The molecule has 1 N–H and O–H groups in total.